The molecule has 0 heterocycles. The van der Waals surface area contributed by atoms with E-state index in [1.807, 2.05) is 0 Å². The van der Waals surface area contributed by atoms with Gasteiger partial charge in [0.15, 0.2) is 0 Å². The highest BCUT2D eigenvalue weighted by Crippen LogP contribution is 2.36. The first-order valence-electron chi connectivity index (χ1n) is 10.0. The van der Waals surface area contributed by atoms with Crippen molar-refractivity contribution in [3.8, 4) is 0 Å². The lowest BCUT2D eigenvalue weighted by molar-refractivity contribution is 0.338. The fraction of sp³-hybridized carbons (Fsp3) is 0.417. The van der Waals surface area contributed by atoms with Crippen molar-refractivity contribution in [3.05, 3.63) is 72.3 Å². The smallest absolute Gasteiger partial charge is 0.261 e. The molecule has 0 atom stereocenters. The molecule has 0 aromatic heterocycles. The zero-order chi connectivity index (χ0) is 20.5. The van der Waals surface area contributed by atoms with E-state index in [1.54, 1.807) is 0 Å². The Balaban J connectivity index is 2.44. The van der Waals surface area contributed by atoms with Crippen LogP contribution in [0.5, 0.6) is 0 Å². The summed E-state index contributed by atoms with van der Waals surface area (Å²) in [5.74, 6) is 0. The molecule has 4 heteroatoms. The molecule has 2 aromatic carbocycles. The molecule has 0 bridgehead atoms. The van der Waals surface area contributed by atoms with Gasteiger partial charge in [-0.15, -0.1) is 0 Å². The normalized spacial score (nSPS) is 13.0. The molecule has 0 amide bonds. The Morgan fingerprint density at radius 1 is 0.857 bits per heavy atom. The molecule has 28 heavy (non-hydrogen) atoms. The molecule has 1 nitrogen and oxygen atoms in total. The lowest BCUT2D eigenvalue weighted by atomic mass is 10.1. The number of benzene rings is 2. The Hall–Kier alpha value is -0.683. The van der Waals surface area contributed by atoms with Gasteiger partial charge in [0.05, 0.1) is 6.61 Å². The zero-order valence-electron chi connectivity index (χ0n) is 17.3. The average Bonchev–Trinajstić information content (AvgIpc) is 2.69. The second-order valence-corrected chi connectivity index (χ2v) is 14.0. The number of hydrogen-bond donors (Lipinski definition) is 0. The second-order valence-electron chi connectivity index (χ2n) is 8.07. The largest absolute Gasteiger partial charge is 0.404 e. The first-order valence-corrected chi connectivity index (χ1v) is 14.2. The van der Waals surface area contributed by atoms with Crippen LogP contribution in [0.1, 0.15) is 40.0 Å². The van der Waals surface area contributed by atoms with E-state index in [1.165, 1.54) is 15.9 Å². The van der Waals surface area contributed by atoms with Gasteiger partial charge in [-0.2, -0.15) is 0 Å². The summed E-state index contributed by atoms with van der Waals surface area (Å²) in [7, 11) is -2.44. The molecule has 0 N–H and O–H groups in total. The number of rotatable bonds is 10. The quantitative estimate of drug-likeness (QED) is 0.197. The van der Waals surface area contributed by atoms with Crippen LogP contribution in [-0.4, -0.2) is 25.6 Å². The first kappa shape index (κ1) is 23.6. The maximum absolute atomic E-state index is 6.96. The lowest BCUT2D eigenvalue weighted by Crippen LogP contribution is -2.66. The van der Waals surface area contributed by atoms with Crippen LogP contribution >= 0.6 is 31.9 Å². The van der Waals surface area contributed by atoms with Crippen molar-refractivity contribution in [1.82, 2.24) is 0 Å². The Morgan fingerprint density at radius 3 is 1.82 bits per heavy atom. The molecule has 0 aliphatic rings. The predicted octanol–water partition coefficient (Wildman–Crippen LogP) is 6.45. The van der Waals surface area contributed by atoms with Gasteiger partial charge in [-0.05, 0) is 34.7 Å². The molecule has 0 saturated carbocycles. The van der Waals surface area contributed by atoms with E-state index in [2.05, 4.69) is 119 Å². The van der Waals surface area contributed by atoms with Crippen molar-refractivity contribution in [2.24, 2.45) is 0 Å². The van der Waals surface area contributed by atoms with Crippen LogP contribution in [-0.2, 0) is 4.43 Å². The minimum Gasteiger partial charge on any atom is -0.404 e. The SMILES string of the molecule is CC(C)(C)[Si](OCC=C(CCBr)CCCBr)(c1ccccc1)c1ccccc1. The van der Waals surface area contributed by atoms with Crippen LogP contribution in [0, 0.1) is 0 Å². The Labute approximate surface area is 189 Å². The van der Waals surface area contributed by atoms with Gasteiger partial charge in [-0.1, -0.05) is 125 Å². The van der Waals surface area contributed by atoms with Crippen molar-refractivity contribution in [2.75, 3.05) is 17.3 Å². The molecular weight excluding hydrogens is 492 g/mol. The summed E-state index contributed by atoms with van der Waals surface area (Å²) >= 11 is 7.15. The molecule has 2 rings (SSSR count). The van der Waals surface area contributed by atoms with Gasteiger partial charge in [-0.3, -0.25) is 0 Å². The maximum atomic E-state index is 6.96. The number of alkyl halides is 2. The van der Waals surface area contributed by atoms with Crippen LogP contribution in [0.2, 0.25) is 5.04 Å². The summed E-state index contributed by atoms with van der Waals surface area (Å²) < 4.78 is 6.96. The highest BCUT2D eigenvalue weighted by atomic mass is 79.9. The second kappa shape index (κ2) is 11.5. The Bertz CT molecular complexity index is 684. The molecule has 0 fully saturated rings. The van der Waals surface area contributed by atoms with Crippen LogP contribution in [0.4, 0.5) is 0 Å². The van der Waals surface area contributed by atoms with E-state index >= 15 is 0 Å². The third-order valence-corrected chi connectivity index (χ3v) is 11.1. The third-order valence-electron chi connectivity index (χ3n) is 5.14. The van der Waals surface area contributed by atoms with Crippen molar-refractivity contribution in [1.29, 1.82) is 0 Å². The standard InChI is InChI=1S/C24H32Br2OSi/c1-24(2,3)28(22-12-6-4-7-13-22,23-14-8-5-9-15-23)27-20-17-21(16-19-26)11-10-18-25/h4-9,12-15,17H,10-11,16,18-20H2,1-3H3. The highest BCUT2D eigenvalue weighted by Gasteiger charge is 2.49. The van der Waals surface area contributed by atoms with Crippen molar-refractivity contribution in [2.45, 2.75) is 45.1 Å². The van der Waals surface area contributed by atoms with Gasteiger partial charge in [-0.25, -0.2) is 0 Å². The minimum atomic E-state index is -2.44. The Morgan fingerprint density at radius 2 is 1.39 bits per heavy atom. The van der Waals surface area contributed by atoms with Crippen molar-refractivity contribution >= 4 is 50.6 Å². The average molecular weight is 524 g/mol. The molecule has 0 radical (unpaired) electrons. The number of halogens is 2. The molecule has 0 aliphatic heterocycles. The molecule has 152 valence electrons. The summed E-state index contributed by atoms with van der Waals surface area (Å²) in [5, 5.41) is 4.74. The van der Waals surface area contributed by atoms with Gasteiger partial charge in [0, 0.05) is 10.7 Å². The van der Waals surface area contributed by atoms with Gasteiger partial charge in [0.25, 0.3) is 8.32 Å². The molecular formula is C24H32Br2OSi. The van der Waals surface area contributed by atoms with Crippen LogP contribution < -0.4 is 10.4 Å². The van der Waals surface area contributed by atoms with Crippen LogP contribution in [0.25, 0.3) is 0 Å². The van der Waals surface area contributed by atoms with Gasteiger partial charge >= 0.3 is 0 Å². The summed E-state index contributed by atoms with van der Waals surface area (Å²) in [5.41, 5.74) is 1.48. The molecule has 2 aromatic rings. The van der Waals surface area contributed by atoms with Gasteiger partial charge < -0.3 is 4.43 Å². The fourth-order valence-electron chi connectivity index (χ4n) is 3.79. The van der Waals surface area contributed by atoms with Crippen molar-refractivity contribution < 1.29 is 4.43 Å². The fourth-order valence-corrected chi connectivity index (χ4v) is 9.07. The van der Waals surface area contributed by atoms with E-state index in [-0.39, 0.29) is 5.04 Å². The third kappa shape index (κ3) is 5.91. The summed E-state index contributed by atoms with van der Waals surface area (Å²) in [6.07, 6.45) is 5.69. The molecule has 0 aliphatic carbocycles. The van der Waals surface area contributed by atoms with E-state index in [0.29, 0.717) is 6.61 Å². The topological polar surface area (TPSA) is 9.23 Å². The number of hydrogen-bond acceptors (Lipinski definition) is 1. The monoisotopic (exact) mass is 522 g/mol. The minimum absolute atomic E-state index is 0.0228. The highest BCUT2D eigenvalue weighted by molar-refractivity contribution is 9.09. The predicted molar refractivity (Wildman–Crippen MR) is 133 cm³/mol. The molecule has 0 unspecified atom stereocenters. The summed E-state index contributed by atoms with van der Waals surface area (Å²) in [4.78, 5) is 0. The summed E-state index contributed by atoms with van der Waals surface area (Å²) in [6, 6.07) is 21.7. The molecule has 0 spiro atoms. The first-order chi connectivity index (χ1) is 13.5. The van der Waals surface area contributed by atoms with Gasteiger partial charge in [0.1, 0.15) is 0 Å². The number of allylic oxidation sites excluding steroid dienone is 1. The van der Waals surface area contributed by atoms with E-state index in [4.69, 9.17) is 4.43 Å². The maximum Gasteiger partial charge on any atom is 0.261 e. The van der Waals surface area contributed by atoms with E-state index in [0.717, 1.165) is 29.9 Å². The van der Waals surface area contributed by atoms with Crippen LogP contribution in [0.3, 0.4) is 0 Å². The van der Waals surface area contributed by atoms with Crippen molar-refractivity contribution in [3.63, 3.8) is 0 Å². The molecule has 0 saturated heterocycles. The Kier molecular flexibility index (Phi) is 9.68. The lowest BCUT2D eigenvalue weighted by Gasteiger charge is -2.42. The summed E-state index contributed by atoms with van der Waals surface area (Å²) in [6.45, 7) is 7.64. The van der Waals surface area contributed by atoms with E-state index in [9.17, 15) is 0 Å². The zero-order valence-corrected chi connectivity index (χ0v) is 21.4. The van der Waals surface area contributed by atoms with E-state index < -0.39 is 8.32 Å². The van der Waals surface area contributed by atoms with Crippen LogP contribution in [0.15, 0.2) is 72.3 Å². The van der Waals surface area contributed by atoms with Gasteiger partial charge in [0.2, 0.25) is 0 Å².